The molecule has 0 aliphatic carbocycles. The fourth-order valence-corrected chi connectivity index (χ4v) is 3.68. The Bertz CT molecular complexity index is 1390. The fourth-order valence-electron chi connectivity index (χ4n) is 2.71. The average Bonchev–Trinajstić information content (AvgIpc) is 2.73. The molecule has 14 heteroatoms. The number of halogens is 5. The molecule has 33 heavy (non-hydrogen) atoms. The number of nitrogens with zero attached hydrogens (tertiary/aromatic N) is 2. The SMILES string of the molecule is COc1cc(Nc2cc(C#N)nc3cc(OS(=O)(=O)C(F)(F)F)c(OC)cc23)c(Cl)cc1Cl. The van der Waals surface area contributed by atoms with E-state index in [-0.39, 0.29) is 38.1 Å². The smallest absolute Gasteiger partial charge is 0.495 e. The molecule has 0 spiro atoms. The van der Waals surface area contributed by atoms with Crippen LogP contribution >= 0.6 is 23.2 Å². The lowest BCUT2D eigenvalue weighted by atomic mass is 10.1. The molecule has 0 fully saturated rings. The van der Waals surface area contributed by atoms with Crippen molar-refractivity contribution >= 4 is 55.6 Å². The maximum atomic E-state index is 12.8. The third kappa shape index (κ3) is 4.95. The van der Waals surface area contributed by atoms with Gasteiger partial charge < -0.3 is 19.0 Å². The van der Waals surface area contributed by atoms with Crippen LogP contribution in [0.4, 0.5) is 24.5 Å². The number of hydrogen-bond acceptors (Lipinski definition) is 8. The number of aromatic nitrogens is 1. The van der Waals surface area contributed by atoms with Gasteiger partial charge in [0.15, 0.2) is 11.5 Å². The summed E-state index contributed by atoms with van der Waals surface area (Å²) in [5.74, 6) is -0.792. The summed E-state index contributed by atoms with van der Waals surface area (Å²) >= 11 is 12.3. The van der Waals surface area contributed by atoms with E-state index in [1.54, 1.807) is 0 Å². The Balaban J connectivity index is 2.19. The summed E-state index contributed by atoms with van der Waals surface area (Å²) in [6.45, 7) is 0. The largest absolute Gasteiger partial charge is 0.534 e. The molecule has 8 nitrogen and oxygen atoms in total. The van der Waals surface area contributed by atoms with E-state index in [0.29, 0.717) is 11.4 Å². The fraction of sp³-hybridized carbons (Fsp3) is 0.158. The maximum Gasteiger partial charge on any atom is 0.534 e. The van der Waals surface area contributed by atoms with E-state index in [9.17, 15) is 26.9 Å². The summed E-state index contributed by atoms with van der Waals surface area (Å²) in [5.41, 5.74) is -5.26. The van der Waals surface area contributed by atoms with Crippen LogP contribution in [-0.2, 0) is 10.1 Å². The molecule has 0 aliphatic heterocycles. The van der Waals surface area contributed by atoms with Crippen LogP contribution in [0.3, 0.4) is 0 Å². The van der Waals surface area contributed by atoms with Crippen molar-refractivity contribution in [3.05, 3.63) is 46.1 Å². The van der Waals surface area contributed by atoms with Gasteiger partial charge in [0.05, 0.1) is 41.2 Å². The van der Waals surface area contributed by atoms with Crippen LogP contribution in [0.2, 0.25) is 10.0 Å². The molecule has 0 saturated carbocycles. The lowest BCUT2D eigenvalue weighted by Crippen LogP contribution is -2.28. The van der Waals surface area contributed by atoms with Gasteiger partial charge in [-0.05, 0) is 18.2 Å². The molecule has 0 aliphatic rings. The van der Waals surface area contributed by atoms with Crippen molar-refractivity contribution in [3.63, 3.8) is 0 Å². The van der Waals surface area contributed by atoms with Crippen molar-refractivity contribution in [2.45, 2.75) is 5.51 Å². The summed E-state index contributed by atoms with van der Waals surface area (Å²) in [5, 5.41) is 13.0. The highest BCUT2D eigenvalue weighted by atomic mass is 35.5. The molecule has 1 heterocycles. The van der Waals surface area contributed by atoms with E-state index in [2.05, 4.69) is 14.5 Å². The second kappa shape index (κ2) is 9.01. The van der Waals surface area contributed by atoms with E-state index in [4.69, 9.17) is 32.7 Å². The zero-order valence-electron chi connectivity index (χ0n) is 16.6. The van der Waals surface area contributed by atoms with Gasteiger partial charge in [0.25, 0.3) is 0 Å². The van der Waals surface area contributed by atoms with Crippen LogP contribution in [0.1, 0.15) is 5.69 Å². The number of rotatable bonds is 6. The molecular formula is C19H12Cl2F3N3O5S. The number of nitrogens with one attached hydrogen (secondary N) is 1. The standard InChI is InChI=1S/C19H12Cl2F3N3O5S/c1-30-16-7-15(11(20)5-12(16)21)27-13-3-9(8-25)26-14-6-18(17(31-2)4-10(13)14)32-33(28,29)19(22,23)24/h3-7H,1-2H3,(H,26,27). The van der Waals surface area contributed by atoms with E-state index >= 15 is 0 Å². The zero-order valence-corrected chi connectivity index (χ0v) is 18.9. The first-order valence-corrected chi connectivity index (χ1v) is 10.8. The monoisotopic (exact) mass is 521 g/mol. The van der Waals surface area contributed by atoms with Crippen molar-refractivity contribution in [1.29, 1.82) is 5.26 Å². The summed E-state index contributed by atoms with van der Waals surface area (Å²) in [6, 6.07) is 8.20. The first kappa shape index (κ1) is 24.5. The number of pyridine rings is 1. The quantitative estimate of drug-likeness (QED) is 0.339. The minimum absolute atomic E-state index is 0.0539. The number of ether oxygens (including phenoxy) is 2. The van der Waals surface area contributed by atoms with Crippen molar-refractivity contribution in [2.75, 3.05) is 19.5 Å². The Morgan fingerprint density at radius 2 is 1.64 bits per heavy atom. The highest BCUT2D eigenvalue weighted by Crippen LogP contribution is 2.40. The first-order chi connectivity index (χ1) is 15.4. The highest BCUT2D eigenvalue weighted by molar-refractivity contribution is 7.88. The van der Waals surface area contributed by atoms with E-state index in [0.717, 1.165) is 13.2 Å². The van der Waals surface area contributed by atoms with Crippen LogP contribution < -0.4 is 19.0 Å². The summed E-state index contributed by atoms with van der Waals surface area (Å²) in [6.07, 6.45) is 0. The molecule has 3 aromatic rings. The molecule has 0 radical (unpaired) electrons. The van der Waals surface area contributed by atoms with Crippen molar-refractivity contribution in [2.24, 2.45) is 0 Å². The van der Waals surface area contributed by atoms with Crippen molar-refractivity contribution < 1.29 is 35.2 Å². The number of alkyl halides is 3. The number of methoxy groups -OCH3 is 2. The molecular weight excluding hydrogens is 510 g/mol. The molecule has 0 saturated heterocycles. The van der Waals surface area contributed by atoms with Crippen LogP contribution in [0, 0.1) is 11.3 Å². The molecule has 0 bridgehead atoms. The lowest BCUT2D eigenvalue weighted by Gasteiger charge is -2.16. The van der Waals surface area contributed by atoms with E-state index < -0.39 is 21.4 Å². The molecule has 0 atom stereocenters. The van der Waals surface area contributed by atoms with Crippen LogP contribution in [0.5, 0.6) is 17.2 Å². The Hall–Kier alpha value is -3.14. The molecule has 174 valence electrons. The molecule has 3 rings (SSSR count). The highest BCUT2D eigenvalue weighted by Gasteiger charge is 2.49. The number of fused-ring (bicyclic) bond motifs is 1. The van der Waals surface area contributed by atoms with Crippen LogP contribution in [-0.4, -0.2) is 33.1 Å². The Morgan fingerprint density at radius 3 is 2.21 bits per heavy atom. The van der Waals surface area contributed by atoms with Gasteiger partial charge in [-0.3, -0.25) is 0 Å². The van der Waals surface area contributed by atoms with Crippen molar-refractivity contribution in [3.8, 4) is 23.3 Å². The van der Waals surface area contributed by atoms with Crippen LogP contribution in [0.15, 0.2) is 30.3 Å². The van der Waals surface area contributed by atoms with Gasteiger partial charge in [-0.15, -0.1) is 0 Å². The Morgan fingerprint density at radius 1 is 0.970 bits per heavy atom. The third-order valence-electron chi connectivity index (χ3n) is 4.20. The predicted molar refractivity (Wildman–Crippen MR) is 115 cm³/mol. The second-order valence-electron chi connectivity index (χ2n) is 6.26. The predicted octanol–water partition coefficient (Wildman–Crippen LogP) is 5.40. The number of hydrogen-bond donors (Lipinski definition) is 1. The summed E-state index contributed by atoms with van der Waals surface area (Å²) in [4.78, 5) is 4.00. The van der Waals surface area contributed by atoms with E-state index in [1.807, 2.05) is 6.07 Å². The van der Waals surface area contributed by atoms with Gasteiger partial charge in [0.2, 0.25) is 0 Å². The van der Waals surface area contributed by atoms with Crippen molar-refractivity contribution in [1.82, 2.24) is 4.98 Å². The average molecular weight is 522 g/mol. The van der Waals surface area contributed by atoms with Gasteiger partial charge in [-0.1, -0.05) is 23.2 Å². The first-order valence-electron chi connectivity index (χ1n) is 8.64. The molecule has 1 aromatic heterocycles. The van der Waals surface area contributed by atoms with Crippen LogP contribution in [0.25, 0.3) is 10.9 Å². The summed E-state index contributed by atoms with van der Waals surface area (Å²) < 4.78 is 75.6. The lowest BCUT2D eigenvalue weighted by molar-refractivity contribution is -0.0500. The maximum absolute atomic E-state index is 12.8. The second-order valence-corrected chi connectivity index (χ2v) is 8.61. The van der Waals surface area contributed by atoms with Gasteiger partial charge >= 0.3 is 15.6 Å². The number of benzene rings is 2. The Kier molecular flexibility index (Phi) is 6.69. The summed E-state index contributed by atoms with van der Waals surface area (Å²) in [7, 11) is -3.47. The topological polar surface area (TPSA) is 111 Å². The molecule has 1 N–H and O–H groups in total. The van der Waals surface area contributed by atoms with Gasteiger partial charge in [-0.2, -0.15) is 26.9 Å². The van der Waals surface area contributed by atoms with Gasteiger partial charge in [0, 0.05) is 17.5 Å². The number of nitriles is 1. The van der Waals surface area contributed by atoms with Gasteiger partial charge in [0.1, 0.15) is 17.5 Å². The Labute approximate surface area is 195 Å². The normalized spacial score (nSPS) is 11.7. The number of anilines is 2. The third-order valence-corrected chi connectivity index (χ3v) is 5.78. The molecule has 0 amide bonds. The van der Waals surface area contributed by atoms with Gasteiger partial charge in [-0.25, -0.2) is 4.98 Å². The molecule has 0 unspecified atom stereocenters. The minimum atomic E-state index is -5.98. The zero-order chi connectivity index (χ0) is 24.6. The molecule has 2 aromatic carbocycles. The minimum Gasteiger partial charge on any atom is -0.495 e. The van der Waals surface area contributed by atoms with E-state index in [1.165, 1.54) is 31.4 Å².